The fourth-order valence-electron chi connectivity index (χ4n) is 2.44. The SMILES string of the molecule is CCCCCCCCc1ccccc1-c1nnc(S)[nH]1. The lowest BCUT2D eigenvalue weighted by molar-refractivity contribution is 0.607. The third-order valence-corrected chi connectivity index (χ3v) is 3.75. The summed E-state index contributed by atoms with van der Waals surface area (Å²) in [7, 11) is 0. The first-order valence-electron chi connectivity index (χ1n) is 7.51. The van der Waals surface area contributed by atoms with Gasteiger partial charge in [-0.2, -0.15) is 0 Å². The molecule has 0 fully saturated rings. The second-order valence-corrected chi connectivity index (χ2v) is 5.60. The molecule has 2 aromatic rings. The van der Waals surface area contributed by atoms with Crippen LogP contribution in [0.5, 0.6) is 0 Å². The van der Waals surface area contributed by atoms with Crippen LogP contribution in [0.25, 0.3) is 11.4 Å². The summed E-state index contributed by atoms with van der Waals surface area (Å²) in [4.78, 5) is 3.09. The van der Waals surface area contributed by atoms with Crippen LogP contribution in [-0.2, 0) is 6.42 Å². The first-order valence-corrected chi connectivity index (χ1v) is 7.96. The maximum absolute atomic E-state index is 4.18. The van der Waals surface area contributed by atoms with Crippen LogP contribution in [0.3, 0.4) is 0 Å². The topological polar surface area (TPSA) is 41.6 Å². The minimum atomic E-state index is 0.564. The monoisotopic (exact) mass is 289 g/mol. The van der Waals surface area contributed by atoms with Crippen molar-refractivity contribution in [1.82, 2.24) is 15.2 Å². The molecule has 0 aliphatic rings. The van der Waals surface area contributed by atoms with E-state index < -0.39 is 0 Å². The molecule has 4 heteroatoms. The van der Waals surface area contributed by atoms with Gasteiger partial charge < -0.3 is 4.98 Å². The fourth-order valence-corrected chi connectivity index (χ4v) is 2.59. The number of thiol groups is 1. The number of H-pyrrole nitrogens is 1. The van der Waals surface area contributed by atoms with Crippen LogP contribution in [-0.4, -0.2) is 15.2 Å². The quantitative estimate of drug-likeness (QED) is 0.548. The van der Waals surface area contributed by atoms with Crippen LogP contribution in [0.2, 0.25) is 0 Å². The van der Waals surface area contributed by atoms with Crippen molar-refractivity contribution in [1.29, 1.82) is 0 Å². The number of nitrogens with zero attached hydrogens (tertiary/aromatic N) is 2. The first-order chi connectivity index (χ1) is 9.81. The molecule has 20 heavy (non-hydrogen) atoms. The van der Waals surface area contributed by atoms with E-state index in [2.05, 4.69) is 52.9 Å². The molecule has 1 heterocycles. The molecule has 108 valence electrons. The van der Waals surface area contributed by atoms with Gasteiger partial charge >= 0.3 is 0 Å². The molecular formula is C16H23N3S. The summed E-state index contributed by atoms with van der Waals surface area (Å²) in [5.74, 6) is 0.816. The molecule has 0 aliphatic heterocycles. The van der Waals surface area contributed by atoms with Gasteiger partial charge in [0.25, 0.3) is 0 Å². The normalized spacial score (nSPS) is 10.9. The van der Waals surface area contributed by atoms with Crippen molar-refractivity contribution in [3.05, 3.63) is 29.8 Å². The Kier molecular flexibility index (Phi) is 6.12. The van der Waals surface area contributed by atoms with Gasteiger partial charge in [-0.15, -0.1) is 22.8 Å². The third-order valence-electron chi connectivity index (χ3n) is 3.55. The summed E-state index contributed by atoms with van der Waals surface area (Å²) in [6.07, 6.45) is 9.03. The maximum atomic E-state index is 4.18. The minimum absolute atomic E-state index is 0.564. The average Bonchev–Trinajstić information content (AvgIpc) is 2.89. The van der Waals surface area contributed by atoms with E-state index in [1.54, 1.807) is 0 Å². The number of rotatable bonds is 8. The van der Waals surface area contributed by atoms with E-state index in [-0.39, 0.29) is 0 Å². The molecule has 0 unspecified atom stereocenters. The van der Waals surface area contributed by atoms with Crippen molar-refractivity contribution in [3.8, 4) is 11.4 Å². The second-order valence-electron chi connectivity index (χ2n) is 5.17. The van der Waals surface area contributed by atoms with Gasteiger partial charge in [0.1, 0.15) is 0 Å². The minimum Gasteiger partial charge on any atom is -0.316 e. The summed E-state index contributed by atoms with van der Waals surface area (Å²) in [6.45, 7) is 2.25. The highest BCUT2D eigenvalue weighted by Gasteiger charge is 2.08. The Labute approximate surface area is 126 Å². The molecule has 1 aromatic heterocycles. The molecule has 0 saturated carbocycles. The van der Waals surface area contributed by atoms with E-state index in [0.29, 0.717) is 5.16 Å². The van der Waals surface area contributed by atoms with E-state index in [1.807, 2.05) is 6.07 Å². The number of aromatic nitrogens is 3. The first kappa shape index (κ1) is 15.1. The number of nitrogens with one attached hydrogen (secondary N) is 1. The number of aromatic amines is 1. The Balaban J connectivity index is 1.91. The Morgan fingerprint density at radius 2 is 1.75 bits per heavy atom. The molecule has 0 saturated heterocycles. The summed E-state index contributed by atoms with van der Waals surface area (Å²) in [5, 5.41) is 8.62. The molecule has 0 amide bonds. The molecule has 0 aliphatic carbocycles. The molecule has 0 bridgehead atoms. The molecule has 1 aromatic carbocycles. The van der Waals surface area contributed by atoms with E-state index >= 15 is 0 Å². The van der Waals surface area contributed by atoms with Gasteiger partial charge in [0.2, 0.25) is 0 Å². The predicted octanol–water partition coefficient (Wildman–Crippen LogP) is 4.66. The van der Waals surface area contributed by atoms with Gasteiger partial charge in [-0.25, -0.2) is 0 Å². The Morgan fingerprint density at radius 1 is 1.00 bits per heavy atom. The van der Waals surface area contributed by atoms with Gasteiger partial charge in [0, 0.05) is 5.56 Å². The highest BCUT2D eigenvalue weighted by molar-refractivity contribution is 7.80. The summed E-state index contributed by atoms with van der Waals surface area (Å²) in [6, 6.07) is 8.41. The van der Waals surface area contributed by atoms with Crippen molar-refractivity contribution >= 4 is 12.6 Å². The van der Waals surface area contributed by atoms with Crippen LogP contribution in [0, 0.1) is 0 Å². The third kappa shape index (κ3) is 4.37. The molecule has 0 atom stereocenters. The standard InChI is InChI=1S/C16H23N3S/c1-2-3-4-5-6-7-10-13-11-8-9-12-14(13)15-17-16(20)19-18-15/h8-9,11-12H,2-7,10H2,1H3,(H2,17,18,19,20). The smallest absolute Gasteiger partial charge is 0.185 e. The molecule has 1 N–H and O–H groups in total. The van der Waals surface area contributed by atoms with Crippen molar-refractivity contribution < 1.29 is 0 Å². The summed E-state index contributed by atoms with van der Waals surface area (Å²) < 4.78 is 0. The van der Waals surface area contributed by atoms with Crippen molar-refractivity contribution in [2.24, 2.45) is 0 Å². The van der Waals surface area contributed by atoms with E-state index in [9.17, 15) is 0 Å². The number of hydrogen-bond acceptors (Lipinski definition) is 3. The zero-order chi connectivity index (χ0) is 14.2. The van der Waals surface area contributed by atoms with Crippen molar-refractivity contribution in [2.75, 3.05) is 0 Å². The number of unbranched alkanes of at least 4 members (excludes halogenated alkanes) is 5. The van der Waals surface area contributed by atoms with Crippen LogP contribution in [0.15, 0.2) is 29.4 Å². The van der Waals surface area contributed by atoms with Gasteiger partial charge in [0.05, 0.1) is 0 Å². The summed E-state index contributed by atoms with van der Waals surface area (Å²) in [5.41, 5.74) is 2.49. The molecular weight excluding hydrogens is 266 g/mol. The predicted molar refractivity (Wildman–Crippen MR) is 86.2 cm³/mol. The lowest BCUT2D eigenvalue weighted by Crippen LogP contribution is -1.92. The second kappa shape index (κ2) is 8.10. The van der Waals surface area contributed by atoms with Crippen molar-refractivity contribution in [2.45, 2.75) is 57.0 Å². The Hall–Kier alpha value is -1.29. The van der Waals surface area contributed by atoms with Crippen molar-refractivity contribution in [3.63, 3.8) is 0 Å². The average molecular weight is 289 g/mol. The van der Waals surface area contributed by atoms with Gasteiger partial charge in [-0.3, -0.25) is 0 Å². The molecule has 2 rings (SSSR count). The lowest BCUT2D eigenvalue weighted by atomic mass is 10.00. The highest BCUT2D eigenvalue weighted by Crippen LogP contribution is 2.22. The van der Waals surface area contributed by atoms with Crippen LogP contribution in [0.4, 0.5) is 0 Å². The van der Waals surface area contributed by atoms with E-state index in [0.717, 1.165) is 17.8 Å². The van der Waals surface area contributed by atoms with Crippen LogP contribution in [0.1, 0.15) is 51.0 Å². The van der Waals surface area contributed by atoms with Crippen LogP contribution < -0.4 is 0 Å². The Morgan fingerprint density at radius 3 is 2.50 bits per heavy atom. The van der Waals surface area contributed by atoms with Gasteiger partial charge in [0.15, 0.2) is 11.0 Å². The zero-order valence-electron chi connectivity index (χ0n) is 12.1. The maximum Gasteiger partial charge on any atom is 0.185 e. The lowest BCUT2D eigenvalue weighted by Gasteiger charge is -2.07. The van der Waals surface area contributed by atoms with E-state index in [1.165, 1.54) is 44.1 Å². The zero-order valence-corrected chi connectivity index (χ0v) is 13.0. The largest absolute Gasteiger partial charge is 0.316 e. The molecule has 3 nitrogen and oxygen atoms in total. The highest BCUT2D eigenvalue weighted by atomic mass is 32.1. The van der Waals surface area contributed by atoms with E-state index in [4.69, 9.17) is 0 Å². The number of aryl methyl sites for hydroxylation is 1. The number of benzene rings is 1. The molecule has 0 radical (unpaired) electrons. The molecule has 0 spiro atoms. The fraction of sp³-hybridized carbons (Fsp3) is 0.500. The van der Waals surface area contributed by atoms with Gasteiger partial charge in [-0.05, 0) is 18.4 Å². The Bertz CT molecular complexity index is 522. The summed E-state index contributed by atoms with van der Waals surface area (Å²) >= 11 is 4.18. The van der Waals surface area contributed by atoms with Gasteiger partial charge in [-0.1, -0.05) is 63.3 Å². The van der Waals surface area contributed by atoms with Crippen LogP contribution >= 0.6 is 12.6 Å². The number of hydrogen-bond donors (Lipinski definition) is 2.